The van der Waals surface area contributed by atoms with Gasteiger partial charge in [-0.25, -0.2) is 4.39 Å². The van der Waals surface area contributed by atoms with E-state index < -0.39 is 0 Å². The average molecular weight is 280 g/mol. The van der Waals surface area contributed by atoms with Crippen molar-refractivity contribution in [1.82, 2.24) is 4.98 Å². The SMILES string of the molecule is NC(Cc1cccc(F)c1)Cc1ccnc2ccccc12. The first-order valence-corrected chi connectivity index (χ1v) is 7.05. The lowest BCUT2D eigenvalue weighted by Gasteiger charge is -2.13. The van der Waals surface area contributed by atoms with E-state index in [1.807, 2.05) is 36.5 Å². The summed E-state index contributed by atoms with van der Waals surface area (Å²) in [5, 5.41) is 1.13. The van der Waals surface area contributed by atoms with Gasteiger partial charge in [0.2, 0.25) is 0 Å². The lowest BCUT2D eigenvalue weighted by atomic mass is 9.97. The number of hydrogen-bond acceptors (Lipinski definition) is 2. The van der Waals surface area contributed by atoms with Gasteiger partial charge in [0.1, 0.15) is 5.82 Å². The molecule has 3 aromatic rings. The van der Waals surface area contributed by atoms with Crippen molar-refractivity contribution in [2.75, 3.05) is 0 Å². The quantitative estimate of drug-likeness (QED) is 0.794. The summed E-state index contributed by atoms with van der Waals surface area (Å²) in [6.07, 6.45) is 3.22. The van der Waals surface area contributed by atoms with Gasteiger partial charge in [-0.05, 0) is 48.2 Å². The van der Waals surface area contributed by atoms with Crippen LogP contribution in [0.3, 0.4) is 0 Å². The van der Waals surface area contributed by atoms with Crippen molar-refractivity contribution in [3.05, 3.63) is 77.7 Å². The maximum Gasteiger partial charge on any atom is 0.123 e. The van der Waals surface area contributed by atoms with Gasteiger partial charge in [-0.2, -0.15) is 0 Å². The summed E-state index contributed by atoms with van der Waals surface area (Å²) in [7, 11) is 0. The van der Waals surface area contributed by atoms with E-state index in [0.717, 1.165) is 22.9 Å². The first-order chi connectivity index (χ1) is 10.2. The summed E-state index contributed by atoms with van der Waals surface area (Å²) >= 11 is 0. The molecular formula is C18H17FN2. The summed E-state index contributed by atoms with van der Waals surface area (Å²) in [5.74, 6) is -0.214. The van der Waals surface area contributed by atoms with Crippen LogP contribution in [0.2, 0.25) is 0 Å². The average Bonchev–Trinajstić information content (AvgIpc) is 2.47. The van der Waals surface area contributed by atoms with E-state index in [9.17, 15) is 4.39 Å². The third kappa shape index (κ3) is 3.26. The van der Waals surface area contributed by atoms with E-state index in [-0.39, 0.29) is 11.9 Å². The highest BCUT2D eigenvalue weighted by molar-refractivity contribution is 5.81. The number of halogens is 1. The third-order valence-corrected chi connectivity index (χ3v) is 3.61. The summed E-state index contributed by atoms with van der Waals surface area (Å²) in [6, 6.07) is 16.6. The number of nitrogens with zero attached hydrogens (tertiary/aromatic N) is 1. The fourth-order valence-electron chi connectivity index (χ4n) is 2.65. The normalized spacial score (nSPS) is 12.5. The lowest BCUT2D eigenvalue weighted by molar-refractivity contribution is 0.618. The zero-order chi connectivity index (χ0) is 14.7. The molecule has 2 nitrogen and oxygen atoms in total. The Morgan fingerprint density at radius 2 is 1.86 bits per heavy atom. The highest BCUT2D eigenvalue weighted by atomic mass is 19.1. The Balaban J connectivity index is 1.79. The summed E-state index contributed by atoms with van der Waals surface area (Å²) in [5.41, 5.74) is 9.33. The molecule has 0 bridgehead atoms. The van der Waals surface area contributed by atoms with E-state index in [0.29, 0.717) is 6.42 Å². The Kier molecular flexibility index (Phi) is 3.93. The van der Waals surface area contributed by atoms with Crippen LogP contribution >= 0.6 is 0 Å². The predicted octanol–water partition coefficient (Wildman–Crippen LogP) is 3.49. The number of benzene rings is 2. The van der Waals surface area contributed by atoms with Gasteiger partial charge in [0, 0.05) is 17.6 Å². The number of hydrogen-bond donors (Lipinski definition) is 1. The van der Waals surface area contributed by atoms with Crippen LogP contribution in [0, 0.1) is 5.82 Å². The van der Waals surface area contributed by atoms with Crippen LogP contribution < -0.4 is 5.73 Å². The largest absolute Gasteiger partial charge is 0.327 e. The van der Waals surface area contributed by atoms with Gasteiger partial charge in [-0.1, -0.05) is 30.3 Å². The Morgan fingerprint density at radius 3 is 2.71 bits per heavy atom. The van der Waals surface area contributed by atoms with E-state index in [1.165, 1.54) is 11.6 Å². The van der Waals surface area contributed by atoms with Crippen LogP contribution in [-0.4, -0.2) is 11.0 Å². The number of fused-ring (bicyclic) bond motifs is 1. The molecule has 1 aromatic heterocycles. The Hall–Kier alpha value is -2.26. The van der Waals surface area contributed by atoms with Gasteiger partial charge < -0.3 is 5.73 Å². The molecule has 106 valence electrons. The zero-order valence-electron chi connectivity index (χ0n) is 11.7. The van der Waals surface area contributed by atoms with Gasteiger partial charge in [-0.15, -0.1) is 0 Å². The molecule has 2 N–H and O–H groups in total. The molecule has 2 aromatic carbocycles. The van der Waals surface area contributed by atoms with Crippen molar-refractivity contribution in [3.8, 4) is 0 Å². The molecule has 0 radical (unpaired) electrons. The van der Waals surface area contributed by atoms with Crippen LogP contribution in [0.5, 0.6) is 0 Å². The number of para-hydroxylation sites is 1. The molecule has 0 fully saturated rings. The van der Waals surface area contributed by atoms with Gasteiger partial charge in [0.15, 0.2) is 0 Å². The molecule has 0 aliphatic carbocycles. The predicted molar refractivity (Wildman–Crippen MR) is 83.5 cm³/mol. The minimum absolute atomic E-state index is 0.0439. The fraction of sp³-hybridized carbons (Fsp3) is 0.167. The Morgan fingerprint density at radius 1 is 1.00 bits per heavy atom. The smallest absolute Gasteiger partial charge is 0.123 e. The molecule has 21 heavy (non-hydrogen) atoms. The van der Waals surface area contributed by atoms with Crippen molar-refractivity contribution >= 4 is 10.9 Å². The molecule has 1 unspecified atom stereocenters. The summed E-state index contributed by atoms with van der Waals surface area (Å²) < 4.78 is 13.2. The van der Waals surface area contributed by atoms with Crippen molar-refractivity contribution in [3.63, 3.8) is 0 Å². The van der Waals surface area contributed by atoms with E-state index >= 15 is 0 Å². The van der Waals surface area contributed by atoms with Crippen LogP contribution in [-0.2, 0) is 12.8 Å². The number of pyridine rings is 1. The molecule has 0 aliphatic heterocycles. The van der Waals surface area contributed by atoms with Crippen LogP contribution in [0.1, 0.15) is 11.1 Å². The molecule has 0 saturated carbocycles. The highest BCUT2D eigenvalue weighted by Gasteiger charge is 2.09. The maximum absolute atomic E-state index is 13.2. The number of aromatic nitrogens is 1. The van der Waals surface area contributed by atoms with Gasteiger partial charge in [0.05, 0.1) is 5.52 Å². The third-order valence-electron chi connectivity index (χ3n) is 3.61. The van der Waals surface area contributed by atoms with Crippen LogP contribution in [0.25, 0.3) is 10.9 Å². The second kappa shape index (κ2) is 6.02. The molecule has 1 atom stereocenters. The van der Waals surface area contributed by atoms with E-state index in [1.54, 1.807) is 12.1 Å². The van der Waals surface area contributed by atoms with Crippen LogP contribution in [0.4, 0.5) is 4.39 Å². The van der Waals surface area contributed by atoms with Crippen molar-refractivity contribution in [1.29, 1.82) is 0 Å². The summed E-state index contributed by atoms with van der Waals surface area (Å²) in [4.78, 5) is 4.35. The number of nitrogens with two attached hydrogens (primary N) is 1. The first kappa shape index (κ1) is 13.7. The minimum atomic E-state index is -0.214. The fourth-order valence-corrected chi connectivity index (χ4v) is 2.65. The zero-order valence-corrected chi connectivity index (χ0v) is 11.7. The van der Waals surface area contributed by atoms with Gasteiger partial charge in [0.25, 0.3) is 0 Å². The lowest BCUT2D eigenvalue weighted by Crippen LogP contribution is -2.25. The van der Waals surface area contributed by atoms with E-state index in [2.05, 4.69) is 11.1 Å². The molecule has 3 rings (SSSR count). The Labute approximate surface area is 123 Å². The monoisotopic (exact) mass is 280 g/mol. The molecule has 3 heteroatoms. The summed E-state index contributed by atoms with van der Waals surface area (Å²) in [6.45, 7) is 0. The standard InChI is InChI=1S/C18H17FN2/c19-15-5-3-4-13(10-15)11-16(20)12-14-8-9-21-18-7-2-1-6-17(14)18/h1-10,16H,11-12,20H2. The topological polar surface area (TPSA) is 38.9 Å². The molecule has 0 spiro atoms. The van der Waals surface area contributed by atoms with Crippen molar-refractivity contribution < 1.29 is 4.39 Å². The molecular weight excluding hydrogens is 263 g/mol. The van der Waals surface area contributed by atoms with Gasteiger partial charge in [-0.3, -0.25) is 4.98 Å². The molecule has 0 aliphatic rings. The van der Waals surface area contributed by atoms with Crippen molar-refractivity contribution in [2.24, 2.45) is 5.73 Å². The van der Waals surface area contributed by atoms with Gasteiger partial charge >= 0.3 is 0 Å². The highest BCUT2D eigenvalue weighted by Crippen LogP contribution is 2.18. The van der Waals surface area contributed by atoms with Crippen molar-refractivity contribution in [2.45, 2.75) is 18.9 Å². The molecule has 1 heterocycles. The molecule has 0 amide bonds. The molecule has 0 saturated heterocycles. The van der Waals surface area contributed by atoms with Crippen LogP contribution in [0.15, 0.2) is 60.8 Å². The number of rotatable bonds is 4. The Bertz CT molecular complexity index is 750. The second-order valence-electron chi connectivity index (χ2n) is 5.29. The first-order valence-electron chi connectivity index (χ1n) is 7.05. The second-order valence-corrected chi connectivity index (χ2v) is 5.29. The van der Waals surface area contributed by atoms with E-state index in [4.69, 9.17) is 5.73 Å². The maximum atomic E-state index is 13.2. The minimum Gasteiger partial charge on any atom is -0.327 e.